The van der Waals surface area contributed by atoms with Crippen molar-refractivity contribution in [3.05, 3.63) is 39.1 Å². The largest absolute Gasteiger partial charge is 0.495 e. The molecule has 4 nitrogen and oxygen atoms in total. The molecule has 108 valence electrons. The number of hydrogen-bond acceptors (Lipinski definition) is 3. The van der Waals surface area contributed by atoms with Crippen LogP contribution in [0.5, 0.6) is 5.75 Å². The summed E-state index contributed by atoms with van der Waals surface area (Å²) in [6.07, 6.45) is 0. The monoisotopic (exact) mass is 313 g/mol. The highest BCUT2D eigenvalue weighted by atomic mass is 35.5. The minimum absolute atomic E-state index is 0.579. The number of benzene rings is 1. The van der Waals surface area contributed by atoms with E-state index < -0.39 is 0 Å². The summed E-state index contributed by atoms with van der Waals surface area (Å²) < 4.78 is 7.00. The summed E-state index contributed by atoms with van der Waals surface area (Å²) in [4.78, 5) is 0. The molecule has 0 fully saturated rings. The van der Waals surface area contributed by atoms with E-state index in [9.17, 15) is 0 Å². The molecule has 1 aromatic heterocycles. The molecule has 1 N–H and O–H groups in total. The van der Waals surface area contributed by atoms with Gasteiger partial charge in [-0.1, -0.05) is 23.2 Å². The first-order chi connectivity index (χ1) is 9.43. The molecule has 0 aliphatic rings. The fourth-order valence-electron chi connectivity index (χ4n) is 2.03. The molecule has 0 spiro atoms. The molecule has 0 amide bonds. The molecular weight excluding hydrogens is 297 g/mol. The maximum absolute atomic E-state index is 6.22. The number of hydrogen-bond donors (Lipinski definition) is 1. The van der Waals surface area contributed by atoms with Crippen molar-refractivity contribution in [2.75, 3.05) is 12.4 Å². The quantitative estimate of drug-likeness (QED) is 0.928. The van der Waals surface area contributed by atoms with Gasteiger partial charge in [-0.05, 0) is 25.5 Å². The van der Waals surface area contributed by atoms with Crippen LogP contribution in [0.1, 0.15) is 16.8 Å². The van der Waals surface area contributed by atoms with Crippen molar-refractivity contribution < 1.29 is 4.74 Å². The van der Waals surface area contributed by atoms with Crippen molar-refractivity contribution in [2.24, 2.45) is 7.05 Å². The number of methoxy groups -OCH3 is 1. The van der Waals surface area contributed by atoms with E-state index in [1.54, 1.807) is 17.9 Å². The van der Waals surface area contributed by atoms with Gasteiger partial charge in [-0.15, -0.1) is 0 Å². The van der Waals surface area contributed by atoms with Gasteiger partial charge in [0.2, 0.25) is 0 Å². The van der Waals surface area contributed by atoms with Crippen molar-refractivity contribution in [1.29, 1.82) is 0 Å². The molecule has 0 bridgehead atoms. The summed E-state index contributed by atoms with van der Waals surface area (Å²) in [6.45, 7) is 4.47. The number of nitrogens with zero attached hydrogens (tertiary/aromatic N) is 2. The van der Waals surface area contributed by atoms with Crippen molar-refractivity contribution in [3.63, 3.8) is 0 Å². The first-order valence-electron chi connectivity index (χ1n) is 6.20. The lowest BCUT2D eigenvalue weighted by molar-refractivity contribution is 0.416. The van der Waals surface area contributed by atoms with Crippen LogP contribution in [0.15, 0.2) is 12.1 Å². The van der Waals surface area contributed by atoms with Crippen LogP contribution in [0.25, 0.3) is 0 Å². The van der Waals surface area contributed by atoms with E-state index in [-0.39, 0.29) is 0 Å². The molecule has 0 saturated heterocycles. The maximum atomic E-state index is 6.22. The molecule has 2 aromatic rings. The van der Waals surface area contributed by atoms with E-state index in [1.807, 2.05) is 27.0 Å². The predicted molar refractivity (Wildman–Crippen MR) is 83.0 cm³/mol. The molecule has 2 rings (SSSR count). The molecule has 6 heteroatoms. The van der Waals surface area contributed by atoms with Gasteiger partial charge in [-0.2, -0.15) is 5.10 Å². The Kier molecular flexibility index (Phi) is 4.45. The Morgan fingerprint density at radius 1 is 1.30 bits per heavy atom. The fraction of sp³-hybridized carbons (Fsp3) is 0.357. The number of halogens is 2. The van der Waals surface area contributed by atoms with Gasteiger partial charge in [-0.25, -0.2) is 0 Å². The van der Waals surface area contributed by atoms with Crippen LogP contribution in [0.4, 0.5) is 5.69 Å². The highest BCUT2D eigenvalue weighted by molar-refractivity contribution is 6.31. The number of rotatable bonds is 4. The van der Waals surface area contributed by atoms with Crippen LogP contribution < -0.4 is 10.1 Å². The third-order valence-electron chi connectivity index (χ3n) is 3.21. The number of ether oxygens (including phenoxy) is 1. The van der Waals surface area contributed by atoms with Crippen LogP contribution in [-0.4, -0.2) is 16.9 Å². The van der Waals surface area contributed by atoms with E-state index in [2.05, 4.69) is 10.4 Å². The Bertz CT molecular complexity index is 638. The van der Waals surface area contributed by atoms with E-state index >= 15 is 0 Å². The Balaban J connectivity index is 2.25. The summed E-state index contributed by atoms with van der Waals surface area (Å²) in [5.74, 6) is 0.707. The first-order valence-corrected chi connectivity index (χ1v) is 6.95. The molecule has 0 saturated carbocycles. The van der Waals surface area contributed by atoms with E-state index in [0.717, 1.165) is 22.5 Å². The van der Waals surface area contributed by atoms with Gasteiger partial charge >= 0.3 is 0 Å². The Morgan fingerprint density at radius 2 is 2.00 bits per heavy atom. The predicted octanol–water partition coefficient (Wildman–Crippen LogP) is 3.96. The summed E-state index contributed by atoms with van der Waals surface area (Å²) in [7, 11) is 3.44. The summed E-state index contributed by atoms with van der Waals surface area (Å²) in [5, 5.41) is 8.93. The minimum Gasteiger partial charge on any atom is -0.495 e. The molecule has 0 aliphatic carbocycles. The van der Waals surface area contributed by atoms with Gasteiger partial charge in [0.1, 0.15) is 10.9 Å². The standard InChI is InChI=1S/C14H17Cl2N3O/c1-8-5-12(13(20-4)6-11(8)15)17-7-10-9(2)18-19(3)14(10)16/h5-6,17H,7H2,1-4H3. The molecule has 20 heavy (non-hydrogen) atoms. The Hall–Kier alpha value is -1.39. The normalized spacial score (nSPS) is 10.7. The molecular formula is C14H17Cl2N3O. The fourth-order valence-corrected chi connectivity index (χ4v) is 2.42. The van der Waals surface area contributed by atoms with Gasteiger partial charge < -0.3 is 10.1 Å². The van der Waals surface area contributed by atoms with Gasteiger partial charge in [-0.3, -0.25) is 4.68 Å². The average molecular weight is 314 g/mol. The number of aryl methyl sites for hydroxylation is 3. The zero-order valence-electron chi connectivity index (χ0n) is 11.9. The molecule has 0 aliphatic heterocycles. The molecule has 1 heterocycles. The second kappa shape index (κ2) is 5.94. The lowest BCUT2D eigenvalue weighted by Crippen LogP contribution is -2.03. The molecule has 0 radical (unpaired) electrons. The van der Waals surface area contributed by atoms with Crippen LogP contribution in [0.2, 0.25) is 10.2 Å². The topological polar surface area (TPSA) is 39.1 Å². The third kappa shape index (κ3) is 2.86. The van der Waals surface area contributed by atoms with E-state index in [4.69, 9.17) is 27.9 Å². The second-order valence-electron chi connectivity index (χ2n) is 4.63. The van der Waals surface area contributed by atoms with Crippen LogP contribution in [-0.2, 0) is 13.6 Å². The van der Waals surface area contributed by atoms with E-state index in [1.165, 1.54) is 0 Å². The number of aromatic nitrogens is 2. The van der Waals surface area contributed by atoms with Gasteiger partial charge in [0.25, 0.3) is 0 Å². The lowest BCUT2D eigenvalue weighted by atomic mass is 10.2. The second-order valence-corrected chi connectivity index (χ2v) is 5.40. The SMILES string of the molecule is COc1cc(Cl)c(C)cc1NCc1c(C)nn(C)c1Cl. The van der Waals surface area contributed by atoms with Crippen molar-refractivity contribution in [3.8, 4) is 5.75 Å². The average Bonchev–Trinajstić information content (AvgIpc) is 2.65. The summed E-state index contributed by atoms with van der Waals surface area (Å²) in [6, 6.07) is 3.76. The molecule has 0 atom stereocenters. The van der Waals surface area contributed by atoms with Gasteiger partial charge in [0, 0.05) is 30.2 Å². The number of anilines is 1. The zero-order chi connectivity index (χ0) is 14.9. The lowest BCUT2D eigenvalue weighted by Gasteiger charge is -2.13. The number of nitrogens with one attached hydrogen (secondary N) is 1. The highest BCUT2D eigenvalue weighted by Gasteiger charge is 2.12. The van der Waals surface area contributed by atoms with Crippen molar-refractivity contribution in [2.45, 2.75) is 20.4 Å². The Labute approximate surface area is 128 Å². The zero-order valence-corrected chi connectivity index (χ0v) is 13.4. The molecule has 1 aromatic carbocycles. The van der Waals surface area contributed by atoms with Gasteiger partial charge in [0.15, 0.2) is 0 Å². The van der Waals surface area contributed by atoms with Gasteiger partial charge in [0.05, 0.1) is 18.5 Å². The smallest absolute Gasteiger partial charge is 0.143 e. The van der Waals surface area contributed by atoms with Crippen molar-refractivity contribution >= 4 is 28.9 Å². The maximum Gasteiger partial charge on any atom is 0.143 e. The summed E-state index contributed by atoms with van der Waals surface area (Å²) in [5.41, 5.74) is 3.76. The van der Waals surface area contributed by atoms with Crippen LogP contribution in [0.3, 0.4) is 0 Å². The molecule has 0 unspecified atom stereocenters. The van der Waals surface area contributed by atoms with Crippen molar-refractivity contribution in [1.82, 2.24) is 9.78 Å². The minimum atomic E-state index is 0.579. The van der Waals surface area contributed by atoms with E-state index in [0.29, 0.717) is 22.5 Å². The summed E-state index contributed by atoms with van der Waals surface area (Å²) >= 11 is 12.3. The highest BCUT2D eigenvalue weighted by Crippen LogP contribution is 2.31. The first kappa shape index (κ1) is 15.0. The van der Waals surface area contributed by atoms with Crippen LogP contribution >= 0.6 is 23.2 Å². The van der Waals surface area contributed by atoms with Crippen LogP contribution in [0, 0.1) is 13.8 Å². The Morgan fingerprint density at radius 3 is 2.55 bits per heavy atom. The third-order valence-corrected chi connectivity index (χ3v) is 4.09.